The number of nitrogens with one attached hydrogen (secondary N) is 1. The van der Waals surface area contributed by atoms with Gasteiger partial charge in [0.1, 0.15) is 0 Å². The van der Waals surface area contributed by atoms with E-state index in [0.29, 0.717) is 5.92 Å². The molecule has 2 aliphatic rings. The van der Waals surface area contributed by atoms with E-state index in [0.717, 1.165) is 31.3 Å². The van der Waals surface area contributed by atoms with Crippen molar-refractivity contribution < 1.29 is 4.42 Å². The minimum Gasteiger partial charge on any atom is -0.421 e. The lowest BCUT2D eigenvalue weighted by Gasteiger charge is -2.09. The molecule has 4 nitrogen and oxygen atoms in total. The molecule has 0 amide bonds. The summed E-state index contributed by atoms with van der Waals surface area (Å²) < 4.78 is 5.63. The first-order valence-electron chi connectivity index (χ1n) is 5.17. The van der Waals surface area contributed by atoms with Crippen LogP contribution < -0.4 is 5.32 Å². The monoisotopic (exact) mass is 191 g/mol. The summed E-state index contributed by atoms with van der Waals surface area (Å²) in [5.41, 5.74) is 1.20. The van der Waals surface area contributed by atoms with Crippen molar-refractivity contribution in [3.05, 3.63) is 17.9 Å². The first-order valence-corrected chi connectivity index (χ1v) is 5.17. The summed E-state index contributed by atoms with van der Waals surface area (Å²) in [4.78, 5) is 0. The number of nitrogens with zero attached hydrogens (tertiary/aromatic N) is 2. The molecular weight excluding hydrogens is 178 g/mol. The van der Waals surface area contributed by atoms with Crippen LogP contribution in [-0.4, -0.2) is 23.3 Å². The van der Waals surface area contributed by atoms with Gasteiger partial charge >= 0.3 is 0 Å². The summed E-state index contributed by atoms with van der Waals surface area (Å²) in [6.45, 7) is 1.92. The molecule has 74 valence electrons. The van der Waals surface area contributed by atoms with E-state index >= 15 is 0 Å². The van der Waals surface area contributed by atoms with Gasteiger partial charge in [-0.2, -0.15) is 0 Å². The molecule has 1 fully saturated rings. The van der Waals surface area contributed by atoms with E-state index < -0.39 is 0 Å². The van der Waals surface area contributed by atoms with Gasteiger partial charge in [-0.25, -0.2) is 0 Å². The van der Waals surface area contributed by atoms with Crippen LogP contribution in [0.2, 0.25) is 0 Å². The maximum atomic E-state index is 5.63. The first kappa shape index (κ1) is 8.17. The third-order valence-electron chi connectivity index (χ3n) is 2.71. The average Bonchev–Trinajstić information content (AvgIpc) is 2.98. The highest BCUT2D eigenvalue weighted by molar-refractivity contribution is 5.59. The quantitative estimate of drug-likeness (QED) is 0.766. The van der Waals surface area contributed by atoms with Crippen LogP contribution in [0.15, 0.2) is 10.5 Å². The molecule has 1 aliphatic heterocycles. The summed E-state index contributed by atoms with van der Waals surface area (Å²) in [5, 5.41) is 11.4. The van der Waals surface area contributed by atoms with Crippen molar-refractivity contribution >= 4 is 5.57 Å². The van der Waals surface area contributed by atoms with Crippen LogP contribution in [0.5, 0.6) is 0 Å². The lowest BCUT2D eigenvalue weighted by molar-refractivity contribution is 0.481. The molecule has 1 N–H and O–H groups in total. The van der Waals surface area contributed by atoms with E-state index in [1.54, 1.807) is 0 Å². The van der Waals surface area contributed by atoms with Crippen molar-refractivity contribution in [2.24, 2.45) is 0 Å². The zero-order chi connectivity index (χ0) is 9.38. The van der Waals surface area contributed by atoms with Crippen LogP contribution in [0.4, 0.5) is 0 Å². The Labute approximate surface area is 82.4 Å². The van der Waals surface area contributed by atoms with Crippen LogP contribution in [0.3, 0.4) is 0 Å². The Kier molecular flexibility index (Phi) is 1.87. The molecule has 1 aromatic heterocycles. The van der Waals surface area contributed by atoms with Gasteiger partial charge in [-0.15, -0.1) is 10.2 Å². The number of hydrogen-bond donors (Lipinski definition) is 1. The number of aromatic nitrogens is 2. The Bertz CT molecular complexity index is 365. The third kappa shape index (κ3) is 1.46. The second-order valence-corrected chi connectivity index (χ2v) is 3.90. The predicted molar refractivity (Wildman–Crippen MR) is 51.7 cm³/mol. The van der Waals surface area contributed by atoms with E-state index in [9.17, 15) is 0 Å². The molecule has 0 atom stereocenters. The van der Waals surface area contributed by atoms with Gasteiger partial charge in [-0.1, -0.05) is 6.08 Å². The first-order chi connectivity index (χ1) is 6.93. The zero-order valence-electron chi connectivity index (χ0n) is 7.99. The molecular formula is C10H13N3O. The van der Waals surface area contributed by atoms with Gasteiger partial charge in [0.2, 0.25) is 11.8 Å². The molecule has 2 heterocycles. The zero-order valence-corrected chi connectivity index (χ0v) is 7.99. The molecule has 1 aromatic rings. The summed E-state index contributed by atoms with van der Waals surface area (Å²) in [5.74, 6) is 2.12. The molecule has 0 bridgehead atoms. The molecule has 0 saturated heterocycles. The molecule has 3 rings (SSSR count). The molecule has 0 aromatic carbocycles. The number of rotatable bonds is 2. The molecule has 0 radical (unpaired) electrons. The summed E-state index contributed by atoms with van der Waals surface area (Å²) in [6, 6.07) is 0. The largest absolute Gasteiger partial charge is 0.421 e. The van der Waals surface area contributed by atoms with E-state index in [2.05, 4.69) is 21.6 Å². The van der Waals surface area contributed by atoms with Crippen LogP contribution in [0, 0.1) is 0 Å². The second kappa shape index (κ2) is 3.20. The minimum atomic E-state index is 0.554. The minimum absolute atomic E-state index is 0.554. The summed E-state index contributed by atoms with van der Waals surface area (Å²) >= 11 is 0. The van der Waals surface area contributed by atoms with Gasteiger partial charge in [0.25, 0.3) is 0 Å². The van der Waals surface area contributed by atoms with E-state index in [1.807, 2.05) is 0 Å². The Morgan fingerprint density at radius 2 is 2.29 bits per heavy atom. The van der Waals surface area contributed by atoms with Crippen molar-refractivity contribution in [3.8, 4) is 0 Å². The van der Waals surface area contributed by atoms with Crippen LogP contribution in [0.25, 0.3) is 5.57 Å². The Hall–Kier alpha value is -1.16. The van der Waals surface area contributed by atoms with Crippen molar-refractivity contribution in [1.82, 2.24) is 15.5 Å². The van der Waals surface area contributed by atoms with Crippen molar-refractivity contribution in [1.29, 1.82) is 0 Å². The Morgan fingerprint density at radius 1 is 1.36 bits per heavy atom. The van der Waals surface area contributed by atoms with Gasteiger partial charge in [0.15, 0.2) is 0 Å². The van der Waals surface area contributed by atoms with E-state index in [-0.39, 0.29) is 0 Å². The predicted octanol–water partition coefficient (Wildman–Crippen LogP) is 1.32. The van der Waals surface area contributed by atoms with Gasteiger partial charge in [0.05, 0.1) is 0 Å². The highest BCUT2D eigenvalue weighted by Crippen LogP contribution is 2.39. The Balaban J connectivity index is 1.84. The number of hydrogen-bond acceptors (Lipinski definition) is 4. The van der Waals surface area contributed by atoms with Gasteiger partial charge in [0, 0.05) is 18.0 Å². The van der Waals surface area contributed by atoms with E-state index in [1.165, 1.54) is 18.4 Å². The van der Waals surface area contributed by atoms with Crippen LogP contribution in [0.1, 0.15) is 37.0 Å². The van der Waals surface area contributed by atoms with Crippen LogP contribution in [-0.2, 0) is 0 Å². The lowest BCUT2D eigenvalue weighted by Crippen LogP contribution is -2.20. The lowest BCUT2D eigenvalue weighted by atomic mass is 10.1. The molecule has 14 heavy (non-hydrogen) atoms. The second-order valence-electron chi connectivity index (χ2n) is 3.90. The molecule has 1 aliphatic carbocycles. The third-order valence-corrected chi connectivity index (χ3v) is 2.71. The SMILES string of the molecule is C1=C(c2nnc(C3CC3)o2)CCNC1. The van der Waals surface area contributed by atoms with Crippen molar-refractivity contribution in [2.75, 3.05) is 13.1 Å². The molecule has 1 saturated carbocycles. The highest BCUT2D eigenvalue weighted by atomic mass is 16.4. The molecule has 4 heteroatoms. The smallest absolute Gasteiger partial charge is 0.243 e. The van der Waals surface area contributed by atoms with Gasteiger partial charge in [-0.05, 0) is 25.8 Å². The molecule has 0 spiro atoms. The fraction of sp³-hybridized carbons (Fsp3) is 0.600. The van der Waals surface area contributed by atoms with Crippen molar-refractivity contribution in [2.45, 2.75) is 25.2 Å². The topological polar surface area (TPSA) is 51.0 Å². The van der Waals surface area contributed by atoms with Gasteiger partial charge < -0.3 is 9.73 Å². The Morgan fingerprint density at radius 3 is 3.00 bits per heavy atom. The van der Waals surface area contributed by atoms with Crippen LogP contribution >= 0.6 is 0 Å². The maximum Gasteiger partial charge on any atom is 0.243 e. The standard InChI is InChI=1S/C10H13N3O/c1-2-7(1)9-12-13-10(14-9)8-3-5-11-6-4-8/h3,7,11H,1-2,4-6H2. The fourth-order valence-electron chi connectivity index (χ4n) is 1.68. The fourth-order valence-corrected chi connectivity index (χ4v) is 1.68. The highest BCUT2D eigenvalue weighted by Gasteiger charge is 2.29. The molecule has 0 unspecified atom stereocenters. The van der Waals surface area contributed by atoms with Crippen molar-refractivity contribution in [3.63, 3.8) is 0 Å². The summed E-state index contributed by atoms with van der Waals surface area (Å²) in [7, 11) is 0. The summed E-state index contributed by atoms with van der Waals surface area (Å²) in [6.07, 6.45) is 5.55. The maximum absolute atomic E-state index is 5.63. The normalized spacial score (nSPS) is 22.1. The van der Waals surface area contributed by atoms with Gasteiger partial charge in [-0.3, -0.25) is 0 Å². The van der Waals surface area contributed by atoms with E-state index in [4.69, 9.17) is 4.42 Å². The average molecular weight is 191 g/mol.